The Morgan fingerprint density at radius 2 is 2.05 bits per heavy atom. The van der Waals surface area contributed by atoms with Gasteiger partial charge < -0.3 is 4.98 Å². The van der Waals surface area contributed by atoms with Gasteiger partial charge in [-0.2, -0.15) is 0 Å². The van der Waals surface area contributed by atoms with Crippen molar-refractivity contribution < 1.29 is 0 Å². The molecule has 112 valence electrons. The maximum absolute atomic E-state index is 12.7. The van der Waals surface area contributed by atoms with E-state index in [4.69, 9.17) is 11.6 Å². The van der Waals surface area contributed by atoms with Gasteiger partial charge in [-0.3, -0.25) is 9.69 Å². The minimum absolute atomic E-state index is 0.113. The predicted octanol–water partition coefficient (Wildman–Crippen LogP) is 3.72. The van der Waals surface area contributed by atoms with E-state index in [-0.39, 0.29) is 5.43 Å². The lowest BCUT2D eigenvalue weighted by atomic mass is 9.98. The van der Waals surface area contributed by atoms with Gasteiger partial charge in [-0.25, -0.2) is 0 Å². The van der Waals surface area contributed by atoms with Crippen LogP contribution in [0.5, 0.6) is 0 Å². The second-order valence-corrected chi connectivity index (χ2v) is 6.59. The van der Waals surface area contributed by atoms with Crippen molar-refractivity contribution in [3.63, 3.8) is 0 Å². The first-order chi connectivity index (χ1) is 10.1. The van der Waals surface area contributed by atoms with E-state index in [1.165, 1.54) is 12.8 Å². The number of halogens is 1. The molecule has 4 heteroatoms. The second-order valence-electron chi connectivity index (χ2n) is 6.18. The smallest absolute Gasteiger partial charge is 0.194 e. The molecule has 0 radical (unpaired) electrons. The van der Waals surface area contributed by atoms with E-state index in [1.54, 1.807) is 0 Å². The molecule has 1 N–H and O–H groups in total. The molecule has 1 aromatic heterocycles. The van der Waals surface area contributed by atoms with Crippen LogP contribution >= 0.6 is 11.6 Å². The summed E-state index contributed by atoms with van der Waals surface area (Å²) in [4.78, 5) is 18.4. The van der Waals surface area contributed by atoms with Crippen molar-refractivity contribution >= 4 is 22.5 Å². The standard InChI is InChI=1S/C17H21ClN2O/c1-11-6-8-20(9-7-11)10-14-12(2)19-16-13(17(14)21)4-3-5-15(16)18/h3-5,11H,6-10H2,1-2H3,(H,19,21). The van der Waals surface area contributed by atoms with Crippen molar-refractivity contribution in [2.24, 2.45) is 5.92 Å². The summed E-state index contributed by atoms with van der Waals surface area (Å²) in [7, 11) is 0. The third-order valence-electron chi connectivity index (χ3n) is 4.56. The van der Waals surface area contributed by atoms with Gasteiger partial charge in [0.25, 0.3) is 0 Å². The first-order valence-corrected chi connectivity index (χ1v) is 7.96. The highest BCUT2D eigenvalue weighted by atomic mass is 35.5. The molecule has 1 aliphatic rings. The number of rotatable bonds is 2. The zero-order valence-electron chi connectivity index (χ0n) is 12.6. The zero-order chi connectivity index (χ0) is 15.0. The SMILES string of the molecule is Cc1[nH]c2c(Cl)cccc2c(=O)c1CN1CCC(C)CC1. The molecular weight excluding hydrogens is 284 g/mol. The Bertz CT molecular complexity index is 715. The van der Waals surface area contributed by atoms with Crippen LogP contribution in [0, 0.1) is 12.8 Å². The van der Waals surface area contributed by atoms with Gasteiger partial charge in [0, 0.05) is 23.2 Å². The number of nitrogens with zero attached hydrogens (tertiary/aromatic N) is 1. The fraction of sp³-hybridized carbons (Fsp3) is 0.471. The van der Waals surface area contributed by atoms with E-state index in [9.17, 15) is 4.79 Å². The Kier molecular flexibility index (Phi) is 4.05. The maximum Gasteiger partial charge on any atom is 0.194 e. The predicted molar refractivity (Wildman–Crippen MR) is 88.0 cm³/mol. The molecule has 3 rings (SSSR count). The quantitative estimate of drug-likeness (QED) is 0.918. The molecule has 2 heterocycles. The van der Waals surface area contributed by atoms with Crippen LogP contribution in [0.1, 0.15) is 31.0 Å². The topological polar surface area (TPSA) is 36.1 Å². The van der Waals surface area contributed by atoms with Crippen LogP contribution in [-0.4, -0.2) is 23.0 Å². The Morgan fingerprint density at radius 1 is 1.33 bits per heavy atom. The van der Waals surface area contributed by atoms with Gasteiger partial charge in [-0.1, -0.05) is 24.6 Å². The third-order valence-corrected chi connectivity index (χ3v) is 4.87. The van der Waals surface area contributed by atoms with Crippen LogP contribution < -0.4 is 5.43 Å². The summed E-state index contributed by atoms with van der Waals surface area (Å²) in [6.45, 7) is 7.15. The normalized spacial score (nSPS) is 17.5. The van der Waals surface area contributed by atoms with Crippen molar-refractivity contribution in [1.29, 1.82) is 0 Å². The van der Waals surface area contributed by atoms with Crippen LogP contribution in [0.3, 0.4) is 0 Å². The molecule has 1 aromatic carbocycles. The third kappa shape index (κ3) is 2.85. The van der Waals surface area contributed by atoms with Gasteiger partial charge in [-0.05, 0) is 50.9 Å². The molecule has 0 amide bonds. The number of hydrogen-bond donors (Lipinski definition) is 1. The first-order valence-electron chi connectivity index (χ1n) is 7.58. The molecule has 0 aliphatic carbocycles. The molecule has 21 heavy (non-hydrogen) atoms. The van der Waals surface area contributed by atoms with E-state index in [0.717, 1.165) is 42.3 Å². The molecule has 1 aliphatic heterocycles. The van der Waals surface area contributed by atoms with Crippen molar-refractivity contribution in [3.05, 3.63) is 44.7 Å². The lowest BCUT2D eigenvalue weighted by Gasteiger charge is -2.30. The van der Waals surface area contributed by atoms with Crippen molar-refractivity contribution in [2.45, 2.75) is 33.2 Å². The number of benzene rings is 1. The number of hydrogen-bond acceptors (Lipinski definition) is 2. The molecular formula is C17H21ClN2O. The molecule has 1 fully saturated rings. The summed E-state index contributed by atoms with van der Waals surface area (Å²) >= 11 is 6.18. The average Bonchev–Trinajstić information content (AvgIpc) is 2.47. The number of aryl methyl sites for hydroxylation is 1. The van der Waals surface area contributed by atoms with Crippen LogP contribution in [0.15, 0.2) is 23.0 Å². The number of nitrogens with one attached hydrogen (secondary N) is 1. The number of pyridine rings is 1. The van der Waals surface area contributed by atoms with Crippen molar-refractivity contribution in [2.75, 3.05) is 13.1 Å². The van der Waals surface area contributed by atoms with Gasteiger partial charge in [0.2, 0.25) is 0 Å². The van der Waals surface area contributed by atoms with Gasteiger partial charge >= 0.3 is 0 Å². The number of fused-ring (bicyclic) bond motifs is 1. The fourth-order valence-corrected chi connectivity index (χ4v) is 3.29. The largest absolute Gasteiger partial charge is 0.357 e. The molecule has 0 saturated carbocycles. The Balaban J connectivity index is 1.97. The number of likely N-dealkylation sites (tertiary alicyclic amines) is 1. The van der Waals surface area contributed by atoms with E-state index in [1.807, 2.05) is 25.1 Å². The molecule has 0 unspecified atom stereocenters. The Hall–Kier alpha value is -1.32. The Labute approximate surface area is 129 Å². The van der Waals surface area contributed by atoms with Crippen LogP contribution in [-0.2, 0) is 6.54 Å². The van der Waals surface area contributed by atoms with E-state index < -0.39 is 0 Å². The van der Waals surface area contributed by atoms with Crippen molar-refractivity contribution in [3.8, 4) is 0 Å². The average molecular weight is 305 g/mol. The summed E-state index contributed by atoms with van der Waals surface area (Å²) in [6.07, 6.45) is 2.44. The number of para-hydroxylation sites is 1. The van der Waals surface area contributed by atoms with Crippen LogP contribution in [0.4, 0.5) is 0 Å². The summed E-state index contributed by atoms with van der Waals surface area (Å²) in [5, 5.41) is 1.29. The van der Waals surface area contributed by atoms with Crippen molar-refractivity contribution in [1.82, 2.24) is 9.88 Å². The maximum atomic E-state index is 12.7. The van der Waals surface area contributed by atoms with Crippen LogP contribution in [0.2, 0.25) is 5.02 Å². The molecule has 2 aromatic rings. The minimum atomic E-state index is 0.113. The summed E-state index contributed by atoms with van der Waals surface area (Å²) in [5.74, 6) is 0.802. The summed E-state index contributed by atoms with van der Waals surface area (Å²) < 4.78 is 0. The number of H-pyrrole nitrogens is 1. The monoisotopic (exact) mass is 304 g/mol. The van der Waals surface area contributed by atoms with Gasteiger partial charge in [0.15, 0.2) is 5.43 Å². The van der Waals surface area contributed by atoms with Gasteiger partial charge in [0.05, 0.1) is 10.5 Å². The molecule has 0 atom stereocenters. The fourth-order valence-electron chi connectivity index (χ4n) is 3.07. The van der Waals surface area contributed by atoms with Crippen LogP contribution in [0.25, 0.3) is 10.9 Å². The molecule has 1 saturated heterocycles. The highest BCUT2D eigenvalue weighted by Crippen LogP contribution is 2.22. The summed E-state index contributed by atoms with van der Waals surface area (Å²) in [6, 6.07) is 5.49. The minimum Gasteiger partial charge on any atom is -0.357 e. The highest BCUT2D eigenvalue weighted by molar-refractivity contribution is 6.35. The number of aromatic nitrogens is 1. The molecule has 3 nitrogen and oxygen atoms in total. The zero-order valence-corrected chi connectivity index (χ0v) is 13.3. The highest BCUT2D eigenvalue weighted by Gasteiger charge is 2.19. The molecule has 0 spiro atoms. The lowest BCUT2D eigenvalue weighted by molar-refractivity contribution is 0.184. The van der Waals surface area contributed by atoms with Gasteiger partial charge in [-0.15, -0.1) is 0 Å². The second kappa shape index (κ2) is 5.82. The summed E-state index contributed by atoms with van der Waals surface area (Å²) in [5.41, 5.74) is 2.67. The first kappa shape index (κ1) is 14.6. The number of piperidine rings is 1. The van der Waals surface area contributed by atoms with E-state index in [0.29, 0.717) is 10.4 Å². The number of aromatic amines is 1. The molecule has 0 bridgehead atoms. The van der Waals surface area contributed by atoms with Gasteiger partial charge in [0.1, 0.15) is 0 Å². The van der Waals surface area contributed by atoms with E-state index in [2.05, 4.69) is 16.8 Å². The lowest BCUT2D eigenvalue weighted by Crippen LogP contribution is -2.34. The Morgan fingerprint density at radius 3 is 2.76 bits per heavy atom. The van der Waals surface area contributed by atoms with E-state index >= 15 is 0 Å².